The van der Waals surface area contributed by atoms with E-state index in [1.54, 1.807) is 34.1 Å². The maximum absolute atomic E-state index is 12.7. The minimum Gasteiger partial charge on any atom is -0.373 e. The molecule has 3 rings (SSSR count). The first kappa shape index (κ1) is 22.8. The molecule has 2 fully saturated rings. The summed E-state index contributed by atoms with van der Waals surface area (Å²) in [6.07, 6.45) is 9.72. The summed E-state index contributed by atoms with van der Waals surface area (Å²) in [6.45, 7) is 3.29. The minimum absolute atomic E-state index is 0.0277. The van der Waals surface area contributed by atoms with Crippen molar-refractivity contribution in [3.05, 3.63) is 35.4 Å². The Morgan fingerprint density at radius 2 is 1.23 bits per heavy atom. The number of carbonyl (C=O) groups excluding carboxylic acids is 2. The van der Waals surface area contributed by atoms with Crippen LogP contribution >= 0.6 is 0 Å². The lowest BCUT2D eigenvalue weighted by atomic mass is 10.1. The molecule has 1 aromatic rings. The molecule has 2 aliphatic heterocycles. The summed E-state index contributed by atoms with van der Waals surface area (Å²) in [4.78, 5) is 29.0. The Hall–Kier alpha value is -1.92. The van der Waals surface area contributed by atoms with Crippen LogP contribution in [0.5, 0.6) is 0 Å². The van der Waals surface area contributed by atoms with Gasteiger partial charge in [0.15, 0.2) is 0 Å². The van der Waals surface area contributed by atoms with E-state index in [2.05, 4.69) is 0 Å². The van der Waals surface area contributed by atoms with E-state index in [0.717, 1.165) is 77.7 Å². The highest BCUT2D eigenvalue weighted by Crippen LogP contribution is 2.18. The van der Waals surface area contributed by atoms with E-state index in [1.165, 1.54) is 0 Å². The number of benzene rings is 1. The molecule has 0 radical (unpaired) electrons. The molecule has 2 atom stereocenters. The van der Waals surface area contributed by atoms with Gasteiger partial charge in [0.2, 0.25) is 0 Å². The van der Waals surface area contributed by atoms with Gasteiger partial charge in [-0.15, -0.1) is 0 Å². The normalized spacial score (nSPS) is 19.4. The summed E-state index contributed by atoms with van der Waals surface area (Å²) in [6, 6.07) is 7.11. The van der Waals surface area contributed by atoms with E-state index in [-0.39, 0.29) is 11.8 Å². The van der Waals surface area contributed by atoms with Gasteiger partial charge in [0.25, 0.3) is 11.8 Å². The molecule has 2 saturated heterocycles. The zero-order valence-electron chi connectivity index (χ0n) is 18.5. The van der Waals surface area contributed by atoms with E-state index >= 15 is 0 Å². The van der Waals surface area contributed by atoms with Gasteiger partial charge in [0.1, 0.15) is 0 Å². The number of carbonyl (C=O) groups is 2. The average molecular weight is 417 g/mol. The van der Waals surface area contributed by atoms with Crippen molar-refractivity contribution in [2.45, 2.75) is 63.6 Å². The van der Waals surface area contributed by atoms with Crippen LogP contribution in [0.2, 0.25) is 0 Å². The standard InChI is InChI=1S/C24H36N2O4/c1-25(14-7-3-5-12-21-17-29-21)23(27)19-10-9-11-20(16-19)24(28)26(2)15-8-4-6-13-22-18-30-22/h9-11,16,21-22H,3-8,12-15,17-18H2,1-2H3. The van der Waals surface area contributed by atoms with E-state index in [1.807, 2.05) is 14.1 Å². The van der Waals surface area contributed by atoms with Crippen molar-refractivity contribution in [3.63, 3.8) is 0 Å². The third-order valence-corrected chi connectivity index (χ3v) is 5.89. The highest BCUT2D eigenvalue weighted by molar-refractivity contribution is 5.99. The third-order valence-electron chi connectivity index (χ3n) is 5.89. The topological polar surface area (TPSA) is 65.7 Å². The van der Waals surface area contributed by atoms with Crippen LogP contribution in [0.3, 0.4) is 0 Å². The van der Waals surface area contributed by atoms with Crippen molar-refractivity contribution < 1.29 is 19.1 Å². The van der Waals surface area contributed by atoms with Gasteiger partial charge in [-0.1, -0.05) is 31.7 Å². The Morgan fingerprint density at radius 1 is 0.800 bits per heavy atom. The first-order valence-corrected chi connectivity index (χ1v) is 11.4. The van der Waals surface area contributed by atoms with Gasteiger partial charge in [-0.3, -0.25) is 9.59 Å². The highest BCUT2D eigenvalue weighted by Gasteiger charge is 2.22. The average Bonchev–Trinajstić information content (AvgIpc) is 3.67. The fourth-order valence-electron chi connectivity index (χ4n) is 3.69. The maximum atomic E-state index is 12.7. The van der Waals surface area contributed by atoms with Crippen LogP contribution in [0.1, 0.15) is 72.1 Å². The fourth-order valence-corrected chi connectivity index (χ4v) is 3.69. The minimum atomic E-state index is -0.0277. The molecule has 0 aromatic heterocycles. The fraction of sp³-hybridized carbons (Fsp3) is 0.667. The Bertz CT molecular complexity index is 645. The van der Waals surface area contributed by atoms with Gasteiger partial charge in [0, 0.05) is 38.3 Å². The van der Waals surface area contributed by atoms with Gasteiger partial charge >= 0.3 is 0 Å². The van der Waals surface area contributed by atoms with E-state index in [4.69, 9.17) is 9.47 Å². The van der Waals surface area contributed by atoms with Crippen LogP contribution in [-0.4, -0.2) is 74.2 Å². The number of ether oxygens (including phenoxy) is 2. The molecule has 30 heavy (non-hydrogen) atoms. The van der Waals surface area contributed by atoms with Crippen LogP contribution in [0.15, 0.2) is 24.3 Å². The predicted molar refractivity (Wildman–Crippen MR) is 117 cm³/mol. The summed E-state index contributed by atoms with van der Waals surface area (Å²) in [7, 11) is 3.67. The zero-order chi connectivity index (χ0) is 21.3. The molecule has 1 aromatic carbocycles. The van der Waals surface area contributed by atoms with Crippen molar-refractivity contribution in [1.82, 2.24) is 9.80 Å². The summed E-state index contributed by atoms with van der Waals surface area (Å²) >= 11 is 0. The Morgan fingerprint density at radius 3 is 1.63 bits per heavy atom. The number of hydrogen-bond acceptors (Lipinski definition) is 4. The summed E-state index contributed by atoms with van der Waals surface area (Å²) in [5, 5.41) is 0. The largest absolute Gasteiger partial charge is 0.373 e. The molecule has 166 valence electrons. The zero-order valence-corrected chi connectivity index (χ0v) is 18.5. The van der Waals surface area contributed by atoms with Crippen LogP contribution in [0.4, 0.5) is 0 Å². The van der Waals surface area contributed by atoms with Crippen LogP contribution in [0, 0.1) is 0 Å². The molecule has 2 heterocycles. The second-order valence-corrected chi connectivity index (χ2v) is 8.64. The molecule has 2 unspecified atom stereocenters. The number of nitrogens with zero attached hydrogens (tertiary/aromatic N) is 2. The Kier molecular flexibility index (Phi) is 8.70. The lowest BCUT2D eigenvalue weighted by Crippen LogP contribution is -2.29. The second-order valence-electron chi connectivity index (χ2n) is 8.64. The first-order valence-electron chi connectivity index (χ1n) is 11.4. The molecule has 0 N–H and O–H groups in total. The van der Waals surface area contributed by atoms with Gasteiger partial charge in [0.05, 0.1) is 25.4 Å². The Labute approximate surface area is 180 Å². The summed E-state index contributed by atoms with van der Waals surface area (Å²) in [5.74, 6) is -0.0553. The molecule has 2 aliphatic rings. The molecule has 0 spiro atoms. The number of rotatable bonds is 14. The monoisotopic (exact) mass is 416 g/mol. The lowest BCUT2D eigenvalue weighted by Gasteiger charge is -2.19. The second kappa shape index (κ2) is 11.5. The SMILES string of the molecule is CN(CCCCCC1CO1)C(=O)c1cccc(C(=O)N(C)CCCCCC2CO2)c1. The first-order chi connectivity index (χ1) is 14.5. The molecule has 6 heteroatoms. The molecule has 2 amide bonds. The van der Waals surface area contributed by atoms with Gasteiger partial charge in [-0.2, -0.15) is 0 Å². The third kappa shape index (κ3) is 7.73. The van der Waals surface area contributed by atoms with Gasteiger partial charge < -0.3 is 19.3 Å². The number of epoxide rings is 2. The van der Waals surface area contributed by atoms with Crippen molar-refractivity contribution in [2.24, 2.45) is 0 Å². The van der Waals surface area contributed by atoms with Gasteiger partial charge in [-0.05, 0) is 43.9 Å². The van der Waals surface area contributed by atoms with Crippen molar-refractivity contribution in [2.75, 3.05) is 40.4 Å². The van der Waals surface area contributed by atoms with Gasteiger partial charge in [-0.25, -0.2) is 0 Å². The van der Waals surface area contributed by atoms with Crippen molar-refractivity contribution >= 4 is 11.8 Å². The van der Waals surface area contributed by atoms with Crippen molar-refractivity contribution in [3.8, 4) is 0 Å². The van der Waals surface area contributed by atoms with E-state index in [9.17, 15) is 9.59 Å². The van der Waals surface area contributed by atoms with Crippen LogP contribution in [0.25, 0.3) is 0 Å². The number of amides is 2. The predicted octanol–water partition coefficient (Wildman–Crippen LogP) is 3.75. The molecular weight excluding hydrogens is 380 g/mol. The highest BCUT2D eigenvalue weighted by atomic mass is 16.6. The van der Waals surface area contributed by atoms with Crippen molar-refractivity contribution in [1.29, 1.82) is 0 Å². The quantitative estimate of drug-likeness (QED) is 0.342. The molecule has 0 aliphatic carbocycles. The number of hydrogen-bond donors (Lipinski definition) is 0. The molecule has 6 nitrogen and oxygen atoms in total. The molecule has 0 bridgehead atoms. The van der Waals surface area contributed by atoms with Crippen LogP contribution < -0.4 is 0 Å². The maximum Gasteiger partial charge on any atom is 0.253 e. The molecule has 0 saturated carbocycles. The van der Waals surface area contributed by atoms with E-state index in [0.29, 0.717) is 23.3 Å². The summed E-state index contributed by atoms with van der Waals surface area (Å²) in [5.41, 5.74) is 1.15. The van der Waals surface area contributed by atoms with E-state index < -0.39 is 0 Å². The smallest absolute Gasteiger partial charge is 0.253 e. The lowest BCUT2D eigenvalue weighted by molar-refractivity contribution is 0.0791. The molecular formula is C24H36N2O4. The van der Waals surface area contributed by atoms with Crippen LogP contribution in [-0.2, 0) is 9.47 Å². The number of unbranched alkanes of at least 4 members (excludes halogenated alkanes) is 4. The summed E-state index contributed by atoms with van der Waals surface area (Å²) < 4.78 is 10.4. The Balaban J connectivity index is 1.39.